The lowest BCUT2D eigenvalue weighted by Gasteiger charge is -2.10. The van der Waals surface area contributed by atoms with Crippen LogP contribution in [0.3, 0.4) is 0 Å². The Bertz CT molecular complexity index is 657. The van der Waals surface area contributed by atoms with Crippen LogP contribution in [0, 0.1) is 20.8 Å². The molecular weight excluding hydrogens is 252 g/mol. The molecule has 0 aliphatic carbocycles. The molecule has 2 heterocycles. The minimum Gasteiger partial charge on any atom is -0.353 e. The van der Waals surface area contributed by atoms with Crippen LogP contribution >= 0.6 is 0 Å². The maximum atomic E-state index is 11.7. The molecule has 106 valence electrons. The number of aromatic nitrogens is 3. The van der Waals surface area contributed by atoms with Gasteiger partial charge < -0.3 is 5.32 Å². The molecule has 1 N–H and O–H groups in total. The van der Waals surface area contributed by atoms with Crippen molar-refractivity contribution in [3.8, 4) is 0 Å². The monoisotopic (exact) mass is 272 g/mol. The van der Waals surface area contributed by atoms with Gasteiger partial charge in [-0.3, -0.25) is 4.79 Å². The SMILES string of the molecule is C=CCNC(=O)CCc1c(C)nc2cc(C)nn2c1C. The number of fused-ring (bicyclic) bond motifs is 1. The second-order valence-electron chi connectivity index (χ2n) is 4.91. The summed E-state index contributed by atoms with van der Waals surface area (Å²) in [5.74, 6) is 0.0282. The van der Waals surface area contributed by atoms with Crippen LogP contribution < -0.4 is 5.32 Å². The highest BCUT2D eigenvalue weighted by molar-refractivity contribution is 5.76. The summed E-state index contributed by atoms with van der Waals surface area (Å²) in [6.07, 6.45) is 2.79. The van der Waals surface area contributed by atoms with E-state index in [1.807, 2.05) is 31.4 Å². The number of nitrogens with one attached hydrogen (secondary N) is 1. The van der Waals surface area contributed by atoms with Crippen molar-refractivity contribution in [3.63, 3.8) is 0 Å². The topological polar surface area (TPSA) is 59.3 Å². The highest BCUT2D eigenvalue weighted by Crippen LogP contribution is 2.16. The fourth-order valence-electron chi connectivity index (χ4n) is 2.32. The van der Waals surface area contributed by atoms with Crippen LogP contribution in [0.2, 0.25) is 0 Å². The van der Waals surface area contributed by atoms with Gasteiger partial charge in [-0.1, -0.05) is 6.08 Å². The van der Waals surface area contributed by atoms with Crippen LogP contribution in [-0.2, 0) is 11.2 Å². The zero-order valence-electron chi connectivity index (χ0n) is 12.2. The predicted octanol–water partition coefficient (Wildman–Crippen LogP) is 1.89. The highest BCUT2D eigenvalue weighted by atomic mass is 16.1. The van der Waals surface area contributed by atoms with E-state index in [9.17, 15) is 4.79 Å². The van der Waals surface area contributed by atoms with Gasteiger partial charge in [0.05, 0.1) is 5.69 Å². The van der Waals surface area contributed by atoms with Crippen LogP contribution in [0.4, 0.5) is 0 Å². The Balaban J connectivity index is 2.21. The Labute approximate surface area is 118 Å². The van der Waals surface area contributed by atoms with Gasteiger partial charge in [-0.15, -0.1) is 6.58 Å². The third-order valence-corrected chi connectivity index (χ3v) is 3.33. The summed E-state index contributed by atoms with van der Waals surface area (Å²) >= 11 is 0. The van der Waals surface area contributed by atoms with Gasteiger partial charge in [-0.05, 0) is 32.8 Å². The van der Waals surface area contributed by atoms with Gasteiger partial charge in [-0.25, -0.2) is 9.50 Å². The van der Waals surface area contributed by atoms with Crippen LogP contribution in [0.1, 0.15) is 29.1 Å². The molecular formula is C15H20N4O. The van der Waals surface area contributed by atoms with Gasteiger partial charge in [0.2, 0.25) is 5.91 Å². The van der Waals surface area contributed by atoms with E-state index in [0.29, 0.717) is 19.4 Å². The van der Waals surface area contributed by atoms with E-state index in [1.165, 1.54) is 0 Å². The van der Waals surface area contributed by atoms with Gasteiger partial charge in [0.1, 0.15) is 0 Å². The number of rotatable bonds is 5. The molecule has 0 bridgehead atoms. The van der Waals surface area contributed by atoms with E-state index >= 15 is 0 Å². The van der Waals surface area contributed by atoms with E-state index < -0.39 is 0 Å². The third-order valence-electron chi connectivity index (χ3n) is 3.33. The third kappa shape index (κ3) is 2.87. The highest BCUT2D eigenvalue weighted by Gasteiger charge is 2.12. The smallest absolute Gasteiger partial charge is 0.220 e. The Morgan fingerprint density at radius 2 is 2.20 bits per heavy atom. The summed E-state index contributed by atoms with van der Waals surface area (Å²) in [4.78, 5) is 16.2. The van der Waals surface area contributed by atoms with Crippen LogP contribution in [0.5, 0.6) is 0 Å². The van der Waals surface area contributed by atoms with Gasteiger partial charge in [0, 0.05) is 30.4 Å². The molecule has 2 rings (SSSR count). The van der Waals surface area contributed by atoms with Crippen molar-refractivity contribution in [2.75, 3.05) is 6.54 Å². The Morgan fingerprint density at radius 1 is 1.45 bits per heavy atom. The molecule has 1 amide bonds. The van der Waals surface area contributed by atoms with Crippen LogP contribution in [0.15, 0.2) is 18.7 Å². The molecule has 0 saturated carbocycles. The number of hydrogen-bond acceptors (Lipinski definition) is 3. The van der Waals surface area contributed by atoms with Gasteiger partial charge >= 0.3 is 0 Å². The maximum Gasteiger partial charge on any atom is 0.220 e. The molecule has 0 radical (unpaired) electrons. The molecule has 0 aromatic carbocycles. The molecule has 0 atom stereocenters. The van der Waals surface area contributed by atoms with E-state index in [4.69, 9.17) is 0 Å². The fraction of sp³-hybridized carbons (Fsp3) is 0.400. The van der Waals surface area contributed by atoms with E-state index in [-0.39, 0.29) is 5.91 Å². The van der Waals surface area contributed by atoms with Crippen molar-refractivity contribution < 1.29 is 4.79 Å². The lowest BCUT2D eigenvalue weighted by molar-refractivity contribution is -0.120. The molecule has 0 unspecified atom stereocenters. The summed E-state index contributed by atoms with van der Waals surface area (Å²) in [5, 5.41) is 7.21. The molecule has 5 nitrogen and oxygen atoms in total. The zero-order valence-corrected chi connectivity index (χ0v) is 12.2. The van der Waals surface area contributed by atoms with E-state index in [2.05, 4.69) is 22.0 Å². The van der Waals surface area contributed by atoms with Crippen LogP contribution in [0.25, 0.3) is 5.65 Å². The first kappa shape index (κ1) is 14.2. The molecule has 0 aliphatic rings. The van der Waals surface area contributed by atoms with Crippen LogP contribution in [-0.4, -0.2) is 27.0 Å². The van der Waals surface area contributed by atoms with Crippen molar-refractivity contribution in [1.29, 1.82) is 0 Å². The minimum atomic E-state index is 0.0282. The first-order chi connectivity index (χ1) is 9.52. The summed E-state index contributed by atoms with van der Waals surface area (Å²) in [7, 11) is 0. The molecule has 0 aliphatic heterocycles. The average Bonchev–Trinajstić information content (AvgIpc) is 2.76. The summed E-state index contributed by atoms with van der Waals surface area (Å²) in [6.45, 7) is 10.0. The maximum absolute atomic E-state index is 11.7. The van der Waals surface area contributed by atoms with Crippen molar-refractivity contribution >= 4 is 11.6 Å². The first-order valence-electron chi connectivity index (χ1n) is 6.73. The quantitative estimate of drug-likeness (QED) is 0.846. The molecule has 2 aromatic rings. The van der Waals surface area contributed by atoms with E-state index in [1.54, 1.807) is 6.08 Å². The number of hydrogen-bond donors (Lipinski definition) is 1. The summed E-state index contributed by atoms with van der Waals surface area (Å²) in [6, 6.07) is 1.96. The van der Waals surface area contributed by atoms with E-state index in [0.717, 1.165) is 28.3 Å². The molecule has 0 fully saturated rings. The summed E-state index contributed by atoms with van der Waals surface area (Å²) in [5.41, 5.74) is 4.91. The normalized spacial score (nSPS) is 10.8. The minimum absolute atomic E-state index is 0.0282. The summed E-state index contributed by atoms with van der Waals surface area (Å²) < 4.78 is 1.85. The number of aryl methyl sites for hydroxylation is 3. The lowest BCUT2D eigenvalue weighted by Crippen LogP contribution is -2.23. The first-order valence-corrected chi connectivity index (χ1v) is 6.73. The standard InChI is InChI=1S/C15H20N4O/c1-5-8-16-15(20)7-6-13-11(3)17-14-9-10(2)18-19(14)12(13)4/h5,9H,1,6-8H2,2-4H3,(H,16,20). The Hall–Kier alpha value is -2.17. The number of nitrogens with zero attached hydrogens (tertiary/aromatic N) is 3. The van der Waals surface area contributed by atoms with Crippen molar-refractivity contribution in [1.82, 2.24) is 19.9 Å². The van der Waals surface area contributed by atoms with Crippen molar-refractivity contribution in [2.45, 2.75) is 33.6 Å². The molecule has 0 saturated heterocycles. The number of amides is 1. The largest absolute Gasteiger partial charge is 0.353 e. The van der Waals surface area contributed by atoms with Gasteiger partial charge in [0.25, 0.3) is 0 Å². The number of carbonyl (C=O) groups is 1. The van der Waals surface area contributed by atoms with Gasteiger partial charge in [-0.2, -0.15) is 5.10 Å². The average molecular weight is 272 g/mol. The molecule has 2 aromatic heterocycles. The Morgan fingerprint density at radius 3 is 2.90 bits per heavy atom. The number of carbonyl (C=O) groups excluding carboxylic acids is 1. The fourth-order valence-corrected chi connectivity index (χ4v) is 2.32. The Kier molecular flexibility index (Phi) is 4.17. The second kappa shape index (κ2) is 5.86. The van der Waals surface area contributed by atoms with Crippen molar-refractivity contribution in [2.24, 2.45) is 0 Å². The van der Waals surface area contributed by atoms with Gasteiger partial charge in [0.15, 0.2) is 5.65 Å². The molecule has 5 heteroatoms. The second-order valence-corrected chi connectivity index (χ2v) is 4.91. The predicted molar refractivity (Wildman–Crippen MR) is 78.7 cm³/mol. The molecule has 0 spiro atoms. The van der Waals surface area contributed by atoms with Crippen molar-refractivity contribution in [3.05, 3.63) is 41.4 Å². The lowest BCUT2D eigenvalue weighted by atomic mass is 10.1. The zero-order chi connectivity index (χ0) is 14.7. The molecule has 20 heavy (non-hydrogen) atoms.